The van der Waals surface area contributed by atoms with Gasteiger partial charge in [-0.3, -0.25) is 4.79 Å². The van der Waals surface area contributed by atoms with Crippen LogP contribution in [0.25, 0.3) is 6.08 Å². The number of methoxy groups -OCH3 is 1. The Balaban J connectivity index is 1.67. The van der Waals surface area contributed by atoms with Gasteiger partial charge in [-0.15, -0.1) is 0 Å². The lowest BCUT2D eigenvalue weighted by Gasteiger charge is -2.14. The maximum absolute atomic E-state index is 12.9. The number of halogens is 2. The molecule has 10 heteroatoms. The van der Waals surface area contributed by atoms with Gasteiger partial charge in [0.25, 0.3) is 5.91 Å². The monoisotopic (exact) mass is 627 g/mol. The van der Waals surface area contributed by atoms with Gasteiger partial charge in [-0.25, -0.2) is 9.79 Å². The number of carbonyl (C=O) groups excluding carboxylic acids is 2. The van der Waals surface area contributed by atoms with Crippen LogP contribution in [-0.4, -0.2) is 35.7 Å². The van der Waals surface area contributed by atoms with E-state index >= 15 is 0 Å². The van der Waals surface area contributed by atoms with Crippen LogP contribution < -0.4 is 9.47 Å². The molecule has 0 aliphatic carbocycles. The van der Waals surface area contributed by atoms with E-state index in [1.165, 1.54) is 13.2 Å². The van der Waals surface area contributed by atoms with E-state index in [2.05, 4.69) is 20.9 Å². The fraction of sp³-hybridized carbons (Fsp3) is 0.138. The second kappa shape index (κ2) is 13.0. The minimum atomic E-state index is -0.792. The normalized spacial score (nSPS) is 15.1. The van der Waals surface area contributed by atoms with Gasteiger partial charge in [0, 0.05) is 0 Å². The lowest BCUT2D eigenvalue weighted by Crippen LogP contribution is -2.14. The van der Waals surface area contributed by atoms with E-state index in [-0.39, 0.29) is 33.6 Å². The summed E-state index contributed by atoms with van der Waals surface area (Å²) >= 11 is 10.7. The molecule has 4 rings (SSSR count). The van der Waals surface area contributed by atoms with Crippen LogP contribution in [0, 0.1) is 0 Å². The molecule has 200 valence electrons. The van der Waals surface area contributed by atoms with Crippen LogP contribution in [0.3, 0.4) is 0 Å². The lowest BCUT2D eigenvalue weighted by atomic mass is 10.1. The van der Waals surface area contributed by atoms with E-state index in [0.29, 0.717) is 33.0 Å². The summed E-state index contributed by atoms with van der Waals surface area (Å²) in [6, 6.07) is 19.7. The number of ether oxygens (including phenoxy) is 3. The number of hydrogen-bond donors (Lipinski definition) is 1. The maximum atomic E-state index is 12.9. The molecular weight excluding hydrogens is 606 g/mol. The number of aliphatic hydroxyl groups excluding tert-OH is 1. The third-order valence-corrected chi connectivity index (χ3v) is 7.39. The molecule has 0 saturated heterocycles. The molecule has 0 aromatic heterocycles. The summed E-state index contributed by atoms with van der Waals surface area (Å²) in [6.45, 7) is 2.07. The van der Waals surface area contributed by atoms with E-state index in [1.807, 2.05) is 30.3 Å². The van der Waals surface area contributed by atoms with E-state index in [0.717, 1.165) is 17.3 Å². The molecule has 0 atom stereocenters. The zero-order chi connectivity index (χ0) is 27.9. The molecule has 1 heterocycles. The fourth-order valence-corrected chi connectivity index (χ4v) is 5.43. The first-order chi connectivity index (χ1) is 18.8. The smallest absolute Gasteiger partial charge is 0.344 e. The summed E-state index contributed by atoms with van der Waals surface area (Å²) < 4.78 is 17.3. The lowest BCUT2D eigenvalue weighted by molar-refractivity contribution is -0.138. The summed E-state index contributed by atoms with van der Waals surface area (Å²) in [5, 5.41) is 11.2. The Morgan fingerprint density at radius 1 is 1.10 bits per heavy atom. The molecule has 39 heavy (non-hydrogen) atoms. The number of nitrogens with zero attached hydrogens (tertiary/aromatic N) is 1. The highest BCUT2D eigenvalue weighted by Crippen LogP contribution is 2.42. The number of amides is 1. The summed E-state index contributed by atoms with van der Waals surface area (Å²) in [4.78, 5) is 29.9. The van der Waals surface area contributed by atoms with Crippen molar-refractivity contribution in [2.75, 3.05) is 13.7 Å². The van der Waals surface area contributed by atoms with Crippen molar-refractivity contribution in [3.63, 3.8) is 0 Å². The Labute approximate surface area is 243 Å². The number of esters is 1. The zero-order valence-electron chi connectivity index (χ0n) is 20.9. The summed E-state index contributed by atoms with van der Waals surface area (Å²) in [5.41, 5.74) is 1.62. The molecule has 0 bridgehead atoms. The average molecular weight is 629 g/mol. The molecule has 0 unspecified atom stereocenters. The third-order valence-electron chi connectivity index (χ3n) is 5.45. The predicted octanol–water partition coefficient (Wildman–Crippen LogP) is 7.39. The quantitative estimate of drug-likeness (QED) is 0.260. The van der Waals surface area contributed by atoms with Crippen LogP contribution in [0.1, 0.15) is 28.4 Å². The highest BCUT2D eigenvalue weighted by atomic mass is 79.9. The van der Waals surface area contributed by atoms with Gasteiger partial charge in [0.1, 0.15) is 23.0 Å². The largest absolute Gasteiger partial charge is 0.506 e. The number of aliphatic imine (C=N–C) groups is 1. The van der Waals surface area contributed by atoms with Crippen LogP contribution in [0.5, 0.6) is 11.5 Å². The first kappa shape index (κ1) is 28.5. The minimum absolute atomic E-state index is 0.0102. The Morgan fingerprint density at radius 2 is 1.82 bits per heavy atom. The predicted molar refractivity (Wildman–Crippen MR) is 157 cm³/mol. The molecule has 1 aliphatic rings. The van der Waals surface area contributed by atoms with Crippen LogP contribution >= 0.6 is 39.3 Å². The highest BCUT2D eigenvalue weighted by molar-refractivity contribution is 9.10. The molecule has 3 aromatic rings. The van der Waals surface area contributed by atoms with E-state index in [1.54, 1.807) is 43.3 Å². The third kappa shape index (κ3) is 6.73. The van der Waals surface area contributed by atoms with Crippen LogP contribution in [0.15, 0.2) is 92.4 Å². The minimum Gasteiger partial charge on any atom is -0.506 e. The first-order valence-electron chi connectivity index (χ1n) is 11.7. The second-order valence-electron chi connectivity index (χ2n) is 8.07. The van der Waals surface area contributed by atoms with Crippen molar-refractivity contribution in [1.29, 1.82) is 0 Å². The Hall–Kier alpha value is -3.53. The van der Waals surface area contributed by atoms with Crippen molar-refractivity contribution in [1.82, 2.24) is 0 Å². The van der Waals surface area contributed by atoms with Crippen LogP contribution in [0.2, 0.25) is 5.02 Å². The maximum Gasteiger partial charge on any atom is 0.344 e. The topological polar surface area (TPSA) is 94.4 Å². The van der Waals surface area contributed by atoms with E-state index < -0.39 is 11.9 Å². The molecule has 0 spiro atoms. The number of aliphatic hydroxyl groups is 1. The molecule has 0 saturated carbocycles. The van der Waals surface area contributed by atoms with Crippen molar-refractivity contribution in [2.45, 2.75) is 13.5 Å². The average Bonchev–Trinajstić information content (AvgIpc) is 3.22. The van der Waals surface area contributed by atoms with Gasteiger partial charge in [-0.2, -0.15) is 0 Å². The standard InChI is InChI=1S/C29H23BrClNO6S/c1-3-37-29(35)24-25(33)23(39-28(24)32-27(34)19-11-7-8-12-21(19)31)15-18-13-20(30)26(22(14-18)36-2)38-16-17-9-5-4-6-10-17/h4-15,33H,3,16H2,1-2H3/b23-15-,32-28?. The zero-order valence-corrected chi connectivity index (χ0v) is 24.1. The summed E-state index contributed by atoms with van der Waals surface area (Å²) in [7, 11) is 1.53. The Bertz CT molecular complexity index is 1500. The summed E-state index contributed by atoms with van der Waals surface area (Å²) in [5.74, 6) is -0.805. The van der Waals surface area contributed by atoms with E-state index in [9.17, 15) is 14.7 Å². The van der Waals surface area contributed by atoms with Crippen molar-refractivity contribution in [3.05, 3.63) is 109 Å². The number of benzene rings is 3. The van der Waals surface area contributed by atoms with Crippen molar-refractivity contribution >= 4 is 62.3 Å². The van der Waals surface area contributed by atoms with Gasteiger partial charge in [-0.05, 0) is 64.3 Å². The SMILES string of the molecule is CCOC(=O)C1=C(O)/C(=C/c2cc(Br)c(OCc3ccccc3)c(OC)c2)SC1=NC(=O)c1ccccc1Cl. The van der Waals surface area contributed by atoms with Crippen molar-refractivity contribution in [2.24, 2.45) is 4.99 Å². The summed E-state index contributed by atoms with van der Waals surface area (Å²) in [6.07, 6.45) is 1.65. The molecule has 1 N–H and O–H groups in total. The molecule has 0 fully saturated rings. The molecule has 3 aromatic carbocycles. The van der Waals surface area contributed by atoms with Gasteiger partial charge in [0.05, 0.1) is 33.7 Å². The van der Waals surface area contributed by atoms with Gasteiger partial charge in [-0.1, -0.05) is 65.8 Å². The van der Waals surface area contributed by atoms with Gasteiger partial charge in [0.15, 0.2) is 11.5 Å². The molecule has 0 radical (unpaired) electrons. The van der Waals surface area contributed by atoms with E-state index in [4.69, 9.17) is 25.8 Å². The molecule has 1 amide bonds. The second-order valence-corrected chi connectivity index (χ2v) is 10.4. The Kier molecular flexibility index (Phi) is 9.50. The molecule has 1 aliphatic heterocycles. The van der Waals surface area contributed by atoms with Crippen molar-refractivity contribution in [3.8, 4) is 11.5 Å². The molecule has 7 nitrogen and oxygen atoms in total. The number of rotatable bonds is 8. The Morgan fingerprint density at radius 3 is 2.51 bits per heavy atom. The van der Waals surface area contributed by atoms with Gasteiger partial charge < -0.3 is 19.3 Å². The highest BCUT2D eigenvalue weighted by Gasteiger charge is 2.34. The van der Waals surface area contributed by atoms with Gasteiger partial charge in [0.2, 0.25) is 0 Å². The first-order valence-corrected chi connectivity index (χ1v) is 13.7. The molecular formula is C29H23BrClNO6S. The van der Waals surface area contributed by atoms with Crippen LogP contribution in [-0.2, 0) is 16.1 Å². The number of thioether (sulfide) groups is 1. The van der Waals surface area contributed by atoms with Gasteiger partial charge >= 0.3 is 5.97 Å². The van der Waals surface area contributed by atoms with Crippen LogP contribution in [0.4, 0.5) is 0 Å². The number of carbonyl (C=O) groups is 2. The van der Waals surface area contributed by atoms with Crippen molar-refractivity contribution < 1.29 is 28.9 Å². The fourth-order valence-electron chi connectivity index (χ4n) is 3.62. The number of hydrogen-bond acceptors (Lipinski definition) is 7.